The predicted octanol–water partition coefficient (Wildman–Crippen LogP) is 2.20. The molecule has 3 unspecified atom stereocenters. The van der Waals surface area contributed by atoms with Gasteiger partial charge in [0.15, 0.2) is 0 Å². The third-order valence-corrected chi connectivity index (χ3v) is 4.68. The van der Waals surface area contributed by atoms with E-state index in [0.717, 1.165) is 25.7 Å². The number of carboxylic acids is 1. The molecule has 0 bridgehead atoms. The number of ether oxygens (including phenoxy) is 1. The van der Waals surface area contributed by atoms with E-state index in [-0.39, 0.29) is 17.6 Å². The Bertz CT molecular complexity index is 352. The van der Waals surface area contributed by atoms with Crippen molar-refractivity contribution in [2.24, 2.45) is 11.8 Å². The Morgan fingerprint density at radius 2 is 1.90 bits per heavy atom. The predicted molar refractivity (Wildman–Crippen MR) is 76.4 cm³/mol. The van der Waals surface area contributed by atoms with Crippen LogP contribution in [0.15, 0.2) is 0 Å². The molecule has 20 heavy (non-hydrogen) atoms. The Hall–Kier alpha value is -1.10. The Morgan fingerprint density at radius 1 is 1.30 bits per heavy atom. The molecule has 0 spiro atoms. The highest BCUT2D eigenvalue weighted by Crippen LogP contribution is 2.31. The Kier molecular flexibility index (Phi) is 5.99. The number of hydrogen-bond acceptors (Lipinski definition) is 3. The summed E-state index contributed by atoms with van der Waals surface area (Å²) in [6, 6.07) is 0.0830. The Balaban J connectivity index is 2.60. The zero-order valence-corrected chi connectivity index (χ0v) is 12.9. The molecule has 5 nitrogen and oxygen atoms in total. The maximum atomic E-state index is 12.1. The van der Waals surface area contributed by atoms with Crippen LogP contribution in [-0.2, 0) is 14.3 Å². The smallest absolute Gasteiger partial charge is 0.307 e. The molecule has 0 aromatic carbocycles. The van der Waals surface area contributed by atoms with E-state index in [2.05, 4.69) is 19.2 Å². The van der Waals surface area contributed by atoms with Gasteiger partial charge in [-0.25, -0.2) is 0 Å². The monoisotopic (exact) mass is 285 g/mol. The summed E-state index contributed by atoms with van der Waals surface area (Å²) in [7, 11) is 0. The molecular formula is C15H27NO4. The minimum absolute atomic E-state index is 0.0830. The standard InChI is InChI=1S/C15H27NO4/c1-5-15(6-2)9-12(7-8-20-15)16-13(17)10(3)11(4)14(18)19/h10-12H,5-9H2,1-4H3,(H,16,17)(H,18,19). The average molecular weight is 285 g/mol. The van der Waals surface area contributed by atoms with Crippen LogP contribution < -0.4 is 5.32 Å². The molecule has 0 aromatic heterocycles. The molecule has 116 valence electrons. The first kappa shape index (κ1) is 17.0. The normalized spacial score (nSPS) is 24.7. The average Bonchev–Trinajstić information content (AvgIpc) is 2.45. The first-order chi connectivity index (χ1) is 9.35. The molecule has 1 saturated heterocycles. The lowest BCUT2D eigenvalue weighted by atomic mass is 9.85. The van der Waals surface area contributed by atoms with Crippen molar-refractivity contribution in [2.75, 3.05) is 6.61 Å². The van der Waals surface area contributed by atoms with Crippen molar-refractivity contribution in [1.82, 2.24) is 5.32 Å². The number of rotatable bonds is 6. The van der Waals surface area contributed by atoms with Crippen molar-refractivity contribution in [3.05, 3.63) is 0 Å². The van der Waals surface area contributed by atoms with Crippen LogP contribution in [0, 0.1) is 11.8 Å². The van der Waals surface area contributed by atoms with Gasteiger partial charge in [0.05, 0.1) is 11.5 Å². The highest BCUT2D eigenvalue weighted by atomic mass is 16.5. The summed E-state index contributed by atoms with van der Waals surface area (Å²) in [5.41, 5.74) is -0.141. The number of carbonyl (C=O) groups excluding carboxylic acids is 1. The van der Waals surface area contributed by atoms with E-state index >= 15 is 0 Å². The van der Waals surface area contributed by atoms with Gasteiger partial charge in [-0.05, 0) is 25.7 Å². The summed E-state index contributed by atoms with van der Waals surface area (Å²) in [6.45, 7) is 8.08. The van der Waals surface area contributed by atoms with Crippen LogP contribution in [0.25, 0.3) is 0 Å². The van der Waals surface area contributed by atoms with Crippen LogP contribution in [0.4, 0.5) is 0 Å². The summed E-state index contributed by atoms with van der Waals surface area (Å²) in [6.07, 6.45) is 3.45. The van der Waals surface area contributed by atoms with E-state index in [1.807, 2.05) is 0 Å². The summed E-state index contributed by atoms with van der Waals surface area (Å²) >= 11 is 0. The zero-order valence-electron chi connectivity index (χ0n) is 12.9. The SMILES string of the molecule is CCC1(CC)CC(NC(=O)C(C)C(C)C(=O)O)CCO1. The van der Waals surface area contributed by atoms with Gasteiger partial charge in [-0.2, -0.15) is 0 Å². The summed E-state index contributed by atoms with van der Waals surface area (Å²) in [4.78, 5) is 23.1. The molecule has 3 atom stereocenters. The topological polar surface area (TPSA) is 75.6 Å². The fraction of sp³-hybridized carbons (Fsp3) is 0.867. The Morgan fingerprint density at radius 3 is 2.40 bits per heavy atom. The van der Waals surface area contributed by atoms with Gasteiger partial charge in [-0.3, -0.25) is 9.59 Å². The van der Waals surface area contributed by atoms with Crippen molar-refractivity contribution < 1.29 is 19.4 Å². The third-order valence-electron chi connectivity index (χ3n) is 4.68. The summed E-state index contributed by atoms with van der Waals surface area (Å²) in [5.74, 6) is -2.30. The molecule has 1 heterocycles. The molecule has 1 aliphatic rings. The van der Waals surface area contributed by atoms with Gasteiger partial charge in [-0.1, -0.05) is 27.7 Å². The van der Waals surface area contributed by atoms with E-state index in [0.29, 0.717) is 6.61 Å². The second-order valence-electron chi connectivity index (χ2n) is 5.85. The number of carbonyl (C=O) groups is 2. The number of amides is 1. The van der Waals surface area contributed by atoms with Crippen LogP contribution >= 0.6 is 0 Å². The number of nitrogens with one attached hydrogen (secondary N) is 1. The van der Waals surface area contributed by atoms with Crippen molar-refractivity contribution in [3.8, 4) is 0 Å². The molecule has 1 rings (SSSR count). The van der Waals surface area contributed by atoms with Gasteiger partial charge >= 0.3 is 5.97 Å². The highest BCUT2D eigenvalue weighted by molar-refractivity contribution is 5.84. The van der Waals surface area contributed by atoms with E-state index in [9.17, 15) is 9.59 Å². The molecular weight excluding hydrogens is 258 g/mol. The van der Waals surface area contributed by atoms with E-state index in [1.54, 1.807) is 13.8 Å². The van der Waals surface area contributed by atoms with Crippen LogP contribution in [-0.4, -0.2) is 35.2 Å². The van der Waals surface area contributed by atoms with Crippen molar-refractivity contribution in [2.45, 2.75) is 65.0 Å². The lowest BCUT2D eigenvalue weighted by Gasteiger charge is -2.40. The number of carboxylic acid groups (broad SMARTS) is 1. The fourth-order valence-corrected chi connectivity index (χ4v) is 2.67. The molecule has 0 aliphatic carbocycles. The first-order valence-corrected chi connectivity index (χ1v) is 7.52. The molecule has 1 aliphatic heterocycles. The summed E-state index contributed by atoms with van der Waals surface area (Å²) in [5, 5.41) is 12.0. The van der Waals surface area contributed by atoms with Gasteiger partial charge in [0.1, 0.15) is 0 Å². The molecule has 1 amide bonds. The van der Waals surface area contributed by atoms with E-state index < -0.39 is 17.8 Å². The van der Waals surface area contributed by atoms with Crippen molar-refractivity contribution in [1.29, 1.82) is 0 Å². The molecule has 0 saturated carbocycles. The Labute approximate surface area is 121 Å². The lowest BCUT2D eigenvalue weighted by Crippen LogP contribution is -2.50. The zero-order chi connectivity index (χ0) is 15.3. The lowest BCUT2D eigenvalue weighted by molar-refractivity contribution is -0.146. The molecule has 2 N–H and O–H groups in total. The van der Waals surface area contributed by atoms with Crippen molar-refractivity contribution >= 4 is 11.9 Å². The van der Waals surface area contributed by atoms with Crippen LogP contribution in [0.3, 0.4) is 0 Å². The fourth-order valence-electron chi connectivity index (χ4n) is 2.67. The second kappa shape index (κ2) is 7.07. The largest absolute Gasteiger partial charge is 0.481 e. The minimum Gasteiger partial charge on any atom is -0.481 e. The molecule has 1 fully saturated rings. The van der Waals surface area contributed by atoms with Gasteiger partial charge < -0.3 is 15.2 Å². The number of aliphatic carboxylic acids is 1. The maximum absolute atomic E-state index is 12.1. The van der Waals surface area contributed by atoms with E-state index in [4.69, 9.17) is 9.84 Å². The van der Waals surface area contributed by atoms with Gasteiger partial charge in [0.2, 0.25) is 5.91 Å². The van der Waals surface area contributed by atoms with Gasteiger partial charge in [0.25, 0.3) is 0 Å². The molecule has 5 heteroatoms. The molecule has 0 radical (unpaired) electrons. The van der Waals surface area contributed by atoms with Gasteiger partial charge in [0, 0.05) is 18.6 Å². The van der Waals surface area contributed by atoms with Gasteiger partial charge in [-0.15, -0.1) is 0 Å². The summed E-state index contributed by atoms with van der Waals surface area (Å²) < 4.78 is 5.88. The van der Waals surface area contributed by atoms with Crippen LogP contribution in [0.1, 0.15) is 53.4 Å². The van der Waals surface area contributed by atoms with E-state index in [1.165, 1.54) is 0 Å². The quantitative estimate of drug-likeness (QED) is 0.784. The van der Waals surface area contributed by atoms with Crippen molar-refractivity contribution in [3.63, 3.8) is 0 Å². The molecule has 0 aromatic rings. The first-order valence-electron chi connectivity index (χ1n) is 7.52. The van der Waals surface area contributed by atoms with Crippen LogP contribution in [0.2, 0.25) is 0 Å². The second-order valence-corrected chi connectivity index (χ2v) is 5.85. The number of hydrogen-bond donors (Lipinski definition) is 2. The third kappa shape index (κ3) is 3.95. The highest BCUT2D eigenvalue weighted by Gasteiger charge is 2.36. The minimum atomic E-state index is -0.934. The maximum Gasteiger partial charge on any atom is 0.307 e. The van der Waals surface area contributed by atoms with Crippen LogP contribution in [0.5, 0.6) is 0 Å².